The topological polar surface area (TPSA) is 42.4 Å². The van der Waals surface area contributed by atoms with Crippen LogP contribution in [-0.2, 0) is 6.54 Å². The van der Waals surface area contributed by atoms with Crippen LogP contribution in [-0.4, -0.2) is 25.0 Å². The second-order valence-corrected chi connectivity index (χ2v) is 5.05. The first-order chi connectivity index (χ1) is 9.19. The van der Waals surface area contributed by atoms with Crippen LogP contribution in [0.15, 0.2) is 46.9 Å². The lowest BCUT2D eigenvalue weighted by Crippen LogP contribution is -2.28. The lowest BCUT2D eigenvalue weighted by molar-refractivity contribution is 0.276. The fourth-order valence-electron chi connectivity index (χ4n) is 2.32. The highest BCUT2D eigenvalue weighted by Crippen LogP contribution is 2.17. The van der Waals surface area contributed by atoms with E-state index in [0.29, 0.717) is 12.5 Å². The Hall–Kier alpha value is -1.58. The van der Waals surface area contributed by atoms with Crippen LogP contribution >= 0.6 is 0 Å². The number of likely N-dealkylation sites (N-methyl/N-ethyl adjacent to an activating group) is 1. The molecule has 0 spiro atoms. The Morgan fingerprint density at radius 3 is 2.47 bits per heavy atom. The molecule has 3 heteroatoms. The van der Waals surface area contributed by atoms with Crippen LogP contribution in [0.5, 0.6) is 0 Å². The van der Waals surface area contributed by atoms with Gasteiger partial charge in [0.2, 0.25) is 0 Å². The Balaban J connectivity index is 1.95. The first-order valence-corrected chi connectivity index (χ1v) is 6.68. The monoisotopic (exact) mass is 258 g/mol. The lowest BCUT2D eigenvalue weighted by atomic mass is 9.99. The fraction of sp³-hybridized carbons (Fsp3) is 0.375. The van der Waals surface area contributed by atoms with Gasteiger partial charge in [0, 0.05) is 19.0 Å². The van der Waals surface area contributed by atoms with Gasteiger partial charge in [0.15, 0.2) is 0 Å². The summed E-state index contributed by atoms with van der Waals surface area (Å²) in [5, 5.41) is 0. The molecule has 1 heterocycles. The van der Waals surface area contributed by atoms with Gasteiger partial charge in [-0.3, -0.25) is 4.90 Å². The second-order valence-electron chi connectivity index (χ2n) is 5.05. The zero-order chi connectivity index (χ0) is 13.7. The van der Waals surface area contributed by atoms with Gasteiger partial charge in [0.1, 0.15) is 11.5 Å². The molecule has 2 N–H and O–H groups in total. The van der Waals surface area contributed by atoms with Crippen LogP contribution in [0.1, 0.15) is 23.0 Å². The number of hydrogen-bond donors (Lipinski definition) is 1. The van der Waals surface area contributed by atoms with Crippen molar-refractivity contribution in [2.24, 2.45) is 5.73 Å². The number of furan rings is 1. The van der Waals surface area contributed by atoms with Crippen LogP contribution in [0.4, 0.5) is 0 Å². The molecule has 0 bridgehead atoms. The zero-order valence-corrected chi connectivity index (χ0v) is 11.7. The van der Waals surface area contributed by atoms with Crippen molar-refractivity contribution in [3.63, 3.8) is 0 Å². The van der Waals surface area contributed by atoms with Crippen molar-refractivity contribution in [2.45, 2.75) is 19.4 Å². The summed E-state index contributed by atoms with van der Waals surface area (Å²) in [6.45, 7) is 4.37. The van der Waals surface area contributed by atoms with E-state index in [1.807, 2.05) is 25.1 Å². The first kappa shape index (κ1) is 13.8. The molecule has 0 fully saturated rings. The third kappa shape index (κ3) is 3.94. The summed E-state index contributed by atoms with van der Waals surface area (Å²) in [6, 6.07) is 14.5. The van der Waals surface area contributed by atoms with Crippen LogP contribution in [0.3, 0.4) is 0 Å². The molecular formula is C16H22N2O. The van der Waals surface area contributed by atoms with Gasteiger partial charge in [0.25, 0.3) is 0 Å². The number of hydrogen-bond acceptors (Lipinski definition) is 3. The minimum atomic E-state index is 0.363. The average Bonchev–Trinajstić information content (AvgIpc) is 2.82. The van der Waals surface area contributed by atoms with Crippen molar-refractivity contribution in [1.82, 2.24) is 4.90 Å². The van der Waals surface area contributed by atoms with Gasteiger partial charge in [-0.2, -0.15) is 0 Å². The summed E-state index contributed by atoms with van der Waals surface area (Å²) in [5.41, 5.74) is 7.20. The molecule has 3 nitrogen and oxygen atoms in total. The van der Waals surface area contributed by atoms with Crippen LogP contribution < -0.4 is 5.73 Å². The number of aryl methyl sites for hydroxylation is 1. The lowest BCUT2D eigenvalue weighted by Gasteiger charge is -2.22. The molecule has 2 aromatic rings. The van der Waals surface area contributed by atoms with Gasteiger partial charge < -0.3 is 10.2 Å². The number of benzene rings is 1. The van der Waals surface area contributed by atoms with Crippen molar-refractivity contribution in [3.05, 3.63) is 59.5 Å². The van der Waals surface area contributed by atoms with Gasteiger partial charge in [-0.1, -0.05) is 30.3 Å². The number of rotatable bonds is 6. The molecular weight excluding hydrogens is 236 g/mol. The van der Waals surface area contributed by atoms with E-state index >= 15 is 0 Å². The third-order valence-electron chi connectivity index (χ3n) is 3.31. The molecule has 19 heavy (non-hydrogen) atoms. The zero-order valence-electron chi connectivity index (χ0n) is 11.7. The summed E-state index contributed by atoms with van der Waals surface area (Å²) < 4.78 is 5.60. The smallest absolute Gasteiger partial charge is 0.118 e. The summed E-state index contributed by atoms with van der Waals surface area (Å²) in [4.78, 5) is 2.25. The van der Waals surface area contributed by atoms with Crippen LogP contribution in [0, 0.1) is 6.92 Å². The highest BCUT2D eigenvalue weighted by atomic mass is 16.3. The summed E-state index contributed by atoms with van der Waals surface area (Å²) >= 11 is 0. The first-order valence-electron chi connectivity index (χ1n) is 6.68. The molecule has 0 aliphatic rings. The Labute approximate surface area is 115 Å². The van der Waals surface area contributed by atoms with Gasteiger partial charge >= 0.3 is 0 Å². The van der Waals surface area contributed by atoms with Crippen molar-refractivity contribution in [2.75, 3.05) is 20.1 Å². The molecule has 0 aliphatic carbocycles. The maximum absolute atomic E-state index is 5.90. The predicted octanol–water partition coefficient (Wildman–Crippen LogP) is 2.76. The fourth-order valence-corrected chi connectivity index (χ4v) is 2.32. The average molecular weight is 258 g/mol. The predicted molar refractivity (Wildman–Crippen MR) is 78.0 cm³/mol. The van der Waals surface area contributed by atoms with E-state index in [1.165, 1.54) is 5.56 Å². The highest BCUT2D eigenvalue weighted by Gasteiger charge is 2.13. The molecule has 2 rings (SSSR count). The molecule has 0 aliphatic heterocycles. The summed E-state index contributed by atoms with van der Waals surface area (Å²) in [6.07, 6.45) is 0. The summed E-state index contributed by atoms with van der Waals surface area (Å²) in [7, 11) is 2.10. The standard InChI is InChI=1S/C16H22N2O/c1-13-8-9-16(19-13)12-18(2)11-15(10-17)14-6-4-3-5-7-14/h3-9,15H,10-12,17H2,1-2H3. The molecule has 0 amide bonds. The summed E-state index contributed by atoms with van der Waals surface area (Å²) in [5.74, 6) is 2.33. The Morgan fingerprint density at radius 2 is 1.89 bits per heavy atom. The van der Waals surface area contributed by atoms with Gasteiger partial charge in [-0.05, 0) is 31.7 Å². The van der Waals surface area contributed by atoms with Crippen molar-refractivity contribution >= 4 is 0 Å². The SMILES string of the molecule is Cc1ccc(CN(C)CC(CN)c2ccccc2)o1. The van der Waals surface area contributed by atoms with Gasteiger partial charge in [0.05, 0.1) is 6.54 Å². The maximum atomic E-state index is 5.90. The van der Waals surface area contributed by atoms with E-state index in [0.717, 1.165) is 24.6 Å². The van der Waals surface area contributed by atoms with E-state index in [2.05, 4.69) is 36.2 Å². The molecule has 1 unspecified atom stereocenters. The molecule has 1 aromatic heterocycles. The van der Waals surface area contributed by atoms with Crippen molar-refractivity contribution < 1.29 is 4.42 Å². The normalized spacial score (nSPS) is 12.8. The Bertz CT molecular complexity index is 492. The van der Waals surface area contributed by atoms with Gasteiger partial charge in [-0.15, -0.1) is 0 Å². The van der Waals surface area contributed by atoms with Crippen molar-refractivity contribution in [3.8, 4) is 0 Å². The molecule has 102 valence electrons. The second kappa shape index (κ2) is 6.55. The van der Waals surface area contributed by atoms with Crippen LogP contribution in [0.2, 0.25) is 0 Å². The minimum Gasteiger partial charge on any atom is -0.465 e. The van der Waals surface area contributed by atoms with Crippen molar-refractivity contribution in [1.29, 1.82) is 0 Å². The minimum absolute atomic E-state index is 0.363. The number of nitrogens with two attached hydrogens (primary N) is 1. The molecule has 0 saturated heterocycles. The third-order valence-corrected chi connectivity index (χ3v) is 3.31. The van der Waals surface area contributed by atoms with E-state index in [-0.39, 0.29) is 0 Å². The largest absolute Gasteiger partial charge is 0.465 e. The molecule has 1 atom stereocenters. The van der Waals surface area contributed by atoms with Gasteiger partial charge in [-0.25, -0.2) is 0 Å². The molecule has 0 radical (unpaired) electrons. The van der Waals surface area contributed by atoms with E-state index in [4.69, 9.17) is 10.2 Å². The quantitative estimate of drug-likeness (QED) is 0.866. The molecule has 1 aromatic carbocycles. The highest BCUT2D eigenvalue weighted by molar-refractivity contribution is 5.20. The maximum Gasteiger partial charge on any atom is 0.118 e. The van der Waals surface area contributed by atoms with E-state index in [9.17, 15) is 0 Å². The number of nitrogens with zero attached hydrogens (tertiary/aromatic N) is 1. The molecule has 0 saturated carbocycles. The van der Waals surface area contributed by atoms with E-state index in [1.54, 1.807) is 0 Å². The Kier molecular flexibility index (Phi) is 4.77. The van der Waals surface area contributed by atoms with Crippen LogP contribution in [0.25, 0.3) is 0 Å². The Morgan fingerprint density at radius 1 is 1.16 bits per heavy atom. The van der Waals surface area contributed by atoms with E-state index < -0.39 is 0 Å².